The van der Waals surface area contributed by atoms with Gasteiger partial charge in [-0.25, -0.2) is 4.39 Å². The van der Waals surface area contributed by atoms with Crippen molar-refractivity contribution in [3.63, 3.8) is 0 Å². The summed E-state index contributed by atoms with van der Waals surface area (Å²) >= 11 is 0. The predicted molar refractivity (Wildman–Crippen MR) is 47.2 cm³/mol. The van der Waals surface area contributed by atoms with E-state index >= 15 is 0 Å². The van der Waals surface area contributed by atoms with Crippen LogP contribution in [0.1, 0.15) is 22.3 Å². The van der Waals surface area contributed by atoms with E-state index in [0.29, 0.717) is 11.1 Å². The summed E-state index contributed by atoms with van der Waals surface area (Å²) in [6, 6.07) is 4.19. The Hall–Kier alpha value is -1.22. The first-order valence-electron chi connectivity index (χ1n) is 4.05. The van der Waals surface area contributed by atoms with Gasteiger partial charge >= 0.3 is 0 Å². The summed E-state index contributed by atoms with van der Waals surface area (Å²) in [4.78, 5) is 11.2. The minimum atomic E-state index is -0.319. The number of rotatable bonds is 3. The van der Waals surface area contributed by atoms with Gasteiger partial charge in [0.15, 0.2) is 5.78 Å². The van der Waals surface area contributed by atoms with Crippen molar-refractivity contribution in [2.45, 2.75) is 13.3 Å². The Morgan fingerprint density at radius 2 is 2.23 bits per heavy atom. The fraction of sp³-hybridized carbons (Fsp3) is 0.300. The Bertz CT molecular complexity index is 321. The van der Waals surface area contributed by atoms with Crippen molar-refractivity contribution in [3.05, 3.63) is 35.1 Å². The first kappa shape index (κ1) is 9.86. The molecular formula is C10H11FO2. The minimum absolute atomic E-state index is 0.0884. The Kier molecular flexibility index (Phi) is 3.14. The van der Waals surface area contributed by atoms with Gasteiger partial charge in [-0.2, -0.15) is 0 Å². The largest absolute Gasteiger partial charge is 0.396 e. The van der Waals surface area contributed by atoms with Gasteiger partial charge in [0.2, 0.25) is 0 Å². The molecule has 1 aromatic rings. The number of carbonyl (C=O) groups is 1. The van der Waals surface area contributed by atoms with Crippen LogP contribution in [0.15, 0.2) is 18.2 Å². The van der Waals surface area contributed by atoms with Crippen LogP contribution in [-0.4, -0.2) is 17.5 Å². The van der Waals surface area contributed by atoms with Crippen LogP contribution in [0.4, 0.5) is 4.39 Å². The number of aliphatic hydroxyl groups excluding tert-OH is 1. The van der Waals surface area contributed by atoms with Gasteiger partial charge in [0.25, 0.3) is 0 Å². The first-order valence-corrected chi connectivity index (χ1v) is 4.05. The molecule has 13 heavy (non-hydrogen) atoms. The average molecular weight is 182 g/mol. The summed E-state index contributed by atoms with van der Waals surface area (Å²) in [5.41, 5.74) is 0.900. The number of carbonyl (C=O) groups excluding carboxylic acids is 1. The fourth-order valence-electron chi connectivity index (χ4n) is 1.06. The number of benzene rings is 1. The highest BCUT2D eigenvalue weighted by molar-refractivity contribution is 5.96. The zero-order chi connectivity index (χ0) is 9.84. The Morgan fingerprint density at radius 3 is 2.77 bits per heavy atom. The lowest BCUT2D eigenvalue weighted by molar-refractivity contribution is 0.0956. The third-order valence-electron chi connectivity index (χ3n) is 1.82. The standard InChI is InChI=1S/C10H11FO2/c1-7-6-8(2-3-9(7)11)10(13)4-5-12/h2-3,6,12H,4-5H2,1H3. The second-order valence-electron chi connectivity index (χ2n) is 2.86. The van der Waals surface area contributed by atoms with E-state index in [0.717, 1.165) is 0 Å². The molecule has 0 fully saturated rings. The normalized spacial score (nSPS) is 10.1. The molecular weight excluding hydrogens is 171 g/mol. The van der Waals surface area contributed by atoms with Gasteiger partial charge in [-0.3, -0.25) is 4.79 Å². The minimum Gasteiger partial charge on any atom is -0.396 e. The van der Waals surface area contributed by atoms with Gasteiger partial charge in [-0.15, -0.1) is 0 Å². The molecule has 1 N–H and O–H groups in total. The molecule has 1 aromatic carbocycles. The van der Waals surface area contributed by atoms with Crippen molar-refractivity contribution in [1.29, 1.82) is 0 Å². The monoisotopic (exact) mass is 182 g/mol. The smallest absolute Gasteiger partial charge is 0.165 e. The third kappa shape index (κ3) is 2.36. The maximum absolute atomic E-state index is 12.8. The van der Waals surface area contributed by atoms with Crippen LogP contribution in [0, 0.1) is 12.7 Å². The maximum Gasteiger partial charge on any atom is 0.165 e. The molecule has 2 nitrogen and oxygen atoms in total. The fourth-order valence-corrected chi connectivity index (χ4v) is 1.06. The van der Waals surface area contributed by atoms with E-state index in [2.05, 4.69) is 0 Å². The van der Waals surface area contributed by atoms with Crippen molar-refractivity contribution < 1.29 is 14.3 Å². The highest BCUT2D eigenvalue weighted by Gasteiger charge is 2.06. The van der Waals surface area contributed by atoms with E-state index in [9.17, 15) is 9.18 Å². The molecule has 0 atom stereocenters. The Labute approximate surface area is 76.0 Å². The number of hydrogen-bond donors (Lipinski definition) is 1. The molecule has 70 valence electrons. The highest BCUT2D eigenvalue weighted by atomic mass is 19.1. The van der Waals surface area contributed by atoms with Gasteiger partial charge in [-0.05, 0) is 30.7 Å². The van der Waals surface area contributed by atoms with Crippen molar-refractivity contribution in [1.82, 2.24) is 0 Å². The second kappa shape index (κ2) is 4.14. The SMILES string of the molecule is Cc1cc(C(=O)CCO)ccc1F. The molecule has 0 amide bonds. The number of Topliss-reactive ketones (excluding diaryl/α,β-unsaturated/α-hetero) is 1. The Balaban J connectivity index is 2.90. The second-order valence-corrected chi connectivity index (χ2v) is 2.86. The van der Waals surface area contributed by atoms with Crippen molar-refractivity contribution >= 4 is 5.78 Å². The van der Waals surface area contributed by atoms with Crippen LogP contribution in [0.2, 0.25) is 0 Å². The van der Waals surface area contributed by atoms with Gasteiger partial charge in [0.05, 0.1) is 6.61 Å². The number of aliphatic hydroxyl groups is 1. The molecule has 0 saturated carbocycles. The summed E-state index contributed by atoms with van der Waals surface area (Å²) in [6.45, 7) is 1.43. The topological polar surface area (TPSA) is 37.3 Å². The molecule has 0 bridgehead atoms. The van der Waals surface area contributed by atoms with Crippen LogP contribution in [0.5, 0.6) is 0 Å². The zero-order valence-electron chi connectivity index (χ0n) is 7.38. The van der Waals surface area contributed by atoms with Crippen molar-refractivity contribution in [2.24, 2.45) is 0 Å². The summed E-state index contributed by atoms with van der Waals surface area (Å²) in [5, 5.41) is 8.53. The number of ketones is 1. The van der Waals surface area contributed by atoms with E-state index < -0.39 is 0 Å². The summed E-state index contributed by atoms with van der Waals surface area (Å²) in [6.07, 6.45) is 0.0884. The number of aryl methyl sites for hydroxylation is 1. The van der Waals surface area contributed by atoms with E-state index in [1.165, 1.54) is 18.2 Å². The zero-order valence-corrected chi connectivity index (χ0v) is 7.38. The summed E-state index contributed by atoms with van der Waals surface area (Å²) in [5.74, 6) is -0.480. The Morgan fingerprint density at radius 1 is 1.54 bits per heavy atom. The molecule has 1 rings (SSSR count). The van der Waals surface area contributed by atoms with E-state index in [1.54, 1.807) is 6.92 Å². The molecule has 0 aliphatic carbocycles. The van der Waals surface area contributed by atoms with Crippen molar-refractivity contribution in [2.75, 3.05) is 6.61 Å². The van der Waals surface area contributed by atoms with Crippen LogP contribution >= 0.6 is 0 Å². The van der Waals surface area contributed by atoms with Gasteiger partial charge in [-0.1, -0.05) is 0 Å². The molecule has 0 radical (unpaired) electrons. The molecule has 0 heterocycles. The number of hydrogen-bond acceptors (Lipinski definition) is 2. The lowest BCUT2D eigenvalue weighted by Gasteiger charge is -2.00. The van der Waals surface area contributed by atoms with E-state index in [-0.39, 0.29) is 24.6 Å². The van der Waals surface area contributed by atoms with Gasteiger partial charge in [0, 0.05) is 12.0 Å². The van der Waals surface area contributed by atoms with Gasteiger partial charge in [0.1, 0.15) is 5.82 Å². The predicted octanol–water partition coefficient (Wildman–Crippen LogP) is 1.70. The summed E-state index contributed by atoms with van der Waals surface area (Å²) < 4.78 is 12.8. The van der Waals surface area contributed by atoms with Crippen molar-refractivity contribution in [3.8, 4) is 0 Å². The lowest BCUT2D eigenvalue weighted by Crippen LogP contribution is -2.02. The number of halogens is 1. The lowest BCUT2D eigenvalue weighted by atomic mass is 10.1. The third-order valence-corrected chi connectivity index (χ3v) is 1.82. The van der Waals surface area contributed by atoms with Gasteiger partial charge < -0.3 is 5.11 Å². The van der Waals surface area contributed by atoms with Crippen LogP contribution < -0.4 is 0 Å². The quantitative estimate of drug-likeness (QED) is 0.722. The molecule has 0 spiro atoms. The average Bonchev–Trinajstić information content (AvgIpc) is 2.10. The summed E-state index contributed by atoms with van der Waals surface area (Å²) in [7, 11) is 0. The molecule has 3 heteroatoms. The molecule has 0 saturated heterocycles. The molecule has 0 aliphatic rings. The maximum atomic E-state index is 12.8. The highest BCUT2D eigenvalue weighted by Crippen LogP contribution is 2.10. The van der Waals surface area contributed by atoms with E-state index in [4.69, 9.17) is 5.11 Å². The van der Waals surface area contributed by atoms with Crippen LogP contribution in [0.3, 0.4) is 0 Å². The van der Waals surface area contributed by atoms with Crippen LogP contribution in [0.25, 0.3) is 0 Å². The molecule has 0 unspecified atom stereocenters. The first-order chi connectivity index (χ1) is 6.15. The molecule has 0 aliphatic heterocycles. The molecule has 0 aromatic heterocycles. The van der Waals surface area contributed by atoms with Crippen LogP contribution in [-0.2, 0) is 0 Å². The van der Waals surface area contributed by atoms with E-state index in [1.807, 2.05) is 0 Å².